The van der Waals surface area contributed by atoms with Gasteiger partial charge in [-0.1, -0.05) is 29.3 Å². The average Bonchev–Trinajstić information content (AvgIpc) is 2.83. The first kappa shape index (κ1) is 13.9. The van der Waals surface area contributed by atoms with Crippen LogP contribution in [-0.4, -0.2) is 15.3 Å². The number of rotatable bonds is 2. The van der Waals surface area contributed by atoms with Gasteiger partial charge in [0.2, 0.25) is 0 Å². The first-order valence-electron chi connectivity index (χ1n) is 6.26. The number of aromatic nitrogens is 2. The van der Waals surface area contributed by atoms with Crippen molar-refractivity contribution in [2.75, 3.05) is 5.32 Å². The minimum atomic E-state index is -0.282. The van der Waals surface area contributed by atoms with Gasteiger partial charge in [-0.3, -0.25) is 4.79 Å². The zero-order chi connectivity index (χ0) is 15.0. The number of anilines is 1. The summed E-state index contributed by atoms with van der Waals surface area (Å²) in [7, 11) is 0. The summed E-state index contributed by atoms with van der Waals surface area (Å²) in [6.07, 6.45) is 3.71. The minimum Gasteiger partial charge on any atom is -0.320 e. The number of carbonyl (C=O) groups excluding carboxylic acids is 1. The van der Waals surface area contributed by atoms with Crippen LogP contribution in [0.2, 0.25) is 10.0 Å². The van der Waals surface area contributed by atoms with Gasteiger partial charge in [0.1, 0.15) is 5.65 Å². The molecule has 2 aromatic heterocycles. The van der Waals surface area contributed by atoms with E-state index >= 15 is 0 Å². The van der Waals surface area contributed by atoms with E-state index in [-0.39, 0.29) is 5.91 Å². The highest BCUT2D eigenvalue weighted by atomic mass is 35.5. The Kier molecular flexibility index (Phi) is 3.57. The molecule has 4 nitrogen and oxygen atoms in total. The number of halogens is 2. The predicted molar refractivity (Wildman–Crippen MR) is 84.3 cm³/mol. The van der Waals surface area contributed by atoms with Gasteiger partial charge in [0.25, 0.3) is 5.91 Å². The fourth-order valence-corrected chi connectivity index (χ4v) is 2.45. The SMILES string of the molecule is Cc1cn2cccc(C(=O)Nc3cccc(Cl)c3Cl)c2n1. The van der Waals surface area contributed by atoms with Crippen molar-refractivity contribution in [3.05, 3.63) is 64.0 Å². The van der Waals surface area contributed by atoms with Crippen LogP contribution in [-0.2, 0) is 0 Å². The lowest BCUT2D eigenvalue weighted by Gasteiger charge is -2.08. The lowest BCUT2D eigenvalue weighted by atomic mass is 10.2. The Labute approximate surface area is 131 Å². The van der Waals surface area contributed by atoms with Crippen molar-refractivity contribution < 1.29 is 4.79 Å². The molecular weight excluding hydrogens is 309 g/mol. The molecule has 1 N–H and O–H groups in total. The van der Waals surface area contributed by atoms with Gasteiger partial charge in [-0.05, 0) is 31.2 Å². The van der Waals surface area contributed by atoms with Crippen molar-refractivity contribution in [1.82, 2.24) is 9.38 Å². The maximum absolute atomic E-state index is 12.4. The molecule has 3 aromatic rings. The van der Waals surface area contributed by atoms with E-state index in [0.29, 0.717) is 26.9 Å². The second-order valence-electron chi connectivity index (χ2n) is 4.59. The van der Waals surface area contributed by atoms with Gasteiger partial charge < -0.3 is 9.72 Å². The number of imidazole rings is 1. The highest BCUT2D eigenvalue weighted by molar-refractivity contribution is 6.44. The van der Waals surface area contributed by atoms with Crippen molar-refractivity contribution in [2.24, 2.45) is 0 Å². The highest BCUT2D eigenvalue weighted by Gasteiger charge is 2.14. The molecule has 106 valence electrons. The van der Waals surface area contributed by atoms with E-state index in [1.807, 2.05) is 23.7 Å². The predicted octanol–water partition coefficient (Wildman–Crippen LogP) is 4.20. The number of pyridine rings is 1. The van der Waals surface area contributed by atoms with Crippen LogP contribution >= 0.6 is 23.2 Å². The quantitative estimate of drug-likeness (QED) is 0.769. The van der Waals surface area contributed by atoms with Gasteiger partial charge in [-0.2, -0.15) is 0 Å². The fraction of sp³-hybridized carbons (Fsp3) is 0.0667. The monoisotopic (exact) mass is 319 g/mol. The third-order valence-corrected chi connectivity index (χ3v) is 3.87. The van der Waals surface area contributed by atoms with Gasteiger partial charge in [0.05, 0.1) is 27.0 Å². The smallest absolute Gasteiger partial charge is 0.259 e. The van der Waals surface area contributed by atoms with Gasteiger partial charge in [-0.15, -0.1) is 0 Å². The Balaban J connectivity index is 1.99. The standard InChI is InChI=1S/C15H11Cl2N3O/c1-9-8-20-7-3-4-10(14(20)18-9)15(21)19-12-6-2-5-11(16)13(12)17/h2-8H,1H3,(H,19,21). The van der Waals surface area contributed by atoms with Crippen molar-refractivity contribution in [3.63, 3.8) is 0 Å². The molecule has 0 radical (unpaired) electrons. The van der Waals surface area contributed by atoms with Crippen LogP contribution in [0.15, 0.2) is 42.7 Å². The number of fused-ring (bicyclic) bond motifs is 1. The van der Waals surface area contributed by atoms with Gasteiger partial charge in [-0.25, -0.2) is 4.98 Å². The number of nitrogens with one attached hydrogen (secondary N) is 1. The van der Waals surface area contributed by atoms with Crippen LogP contribution in [0.25, 0.3) is 5.65 Å². The van der Waals surface area contributed by atoms with Crippen LogP contribution in [0.5, 0.6) is 0 Å². The van der Waals surface area contributed by atoms with Gasteiger partial charge >= 0.3 is 0 Å². The summed E-state index contributed by atoms with van der Waals surface area (Å²) in [5.74, 6) is -0.282. The molecule has 0 saturated heterocycles. The number of benzene rings is 1. The topological polar surface area (TPSA) is 46.4 Å². The molecule has 6 heteroatoms. The number of hydrogen-bond donors (Lipinski definition) is 1. The Hall–Kier alpha value is -2.04. The molecule has 0 spiro atoms. The second kappa shape index (κ2) is 5.39. The molecule has 0 aliphatic rings. The molecule has 1 amide bonds. The maximum atomic E-state index is 12.4. The molecule has 3 rings (SSSR count). The van der Waals surface area contributed by atoms with Crippen LogP contribution in [0.3, 0.4) is 0 Å². The summed E-state index contributed by atoms with van der Waals surface area (Å²) in [6, 6.07) is 8.60. The van der Waals surface area contributed by atoms with Crippen molar-refractivity contribution in [2.45, 2.75) is 6.92 Å². The zero-order valence-corrected chi connectivity index (χ0v) is 12.6. The number of hydrogen-bond acceptors (Lipinski definition) is 2. The van der Waals surface area contributed by atoms with Crippen LogP contribution in [0.4, 0.5) is 5.69 Å². The van der Waals surface area contributed by atoms with E-state index in [9.17, 15) is 4.79 Å². The largest absolute Gasteiger partial charge is 0.320 e. The maximum Gasteiger partial charge on any atom is 0.259 e. The lowest BCUT2D eigenvalue weighted by Crippen LogP contribution is -2.13. The molecule has 0 unspecified atom stereocenters. The lowest BCUT2D eigenvalue weighted by molar-refractivity contribution is 0.102. The molecule has 0 saturated carbocycles. The summed E-state index contributed by atoms with van der Waals surface area (Å²) in [4.78, 5) is 16.8. The first-order chi connectivity index (χ1) is 10.1. The third-order valence-electron chi connectivity index (χ3n) is 3.05. The van der Waals surface area contributed by atoms with Crippen LogP contribution in [0.1, 0.15) is 16.1 Å². The molecular formula is C15H11Cl2N3O. The number of nitrogens with zero attached hydrogens (tertiary/aromatic N) is 2. The number of carbonyl (C=O) groups is 1. The molecule has 0 atom stereocenters. The van der Waals surface area contributed by atoms with E-state index < -0.39 is 0 Å². The summed E-state index contributed by atoms with van der Waals surface area (Å²) in [5.41, 5.74) is 2.39. The van der Waals surface area contributed by atoms with E-state index in [1.165, 1.54) is 0 Å². The Morgan fingerprint density at radius 3 is 2.86 bits per heavy atom. The summed E-state index contributed by atoms with van der Waals surface area (Å²) >= 11 is 12.0. The van der Waals surface area contributed by atoms with Gasteiger partial charge in [0.15, 0.2) is 0 Å². The Morgan fingerprint density at radius 1 is 1.24 bits per heavy atom. The second-order valence-corrected chi connectivity index (χ2v) is 5.38. The van der Waals surface area contributed by atoms with E-state index in [2.05, 4.69) is 10.3 Å². The van der Waals surface area contributed by atoms with Crippen LogP contribution in [0, 0.1) is 6.92 Å². The molecule has 0 fully saturated rings. The number of aryl methyl sites for hydroxylation is 1. The average molecular weight is 320 g/mol. The van der Waals surface area contributed by atoms with Crippen LogP contribution < -0.4 is 5.32 Å². The zero-order valence-electron chi connectivity index (χ0n) is 11.1. The van der Waals surface area contributed by atoms with Crippen molar-refractivity contribution in [3.8, 4) is 0 Å². The fourth-order valence-electron chi connectivity index (χ4n) is 2.10. The minimum absolute atomic E-state index is 0.282. The number of amides is 1. The van der Waals surface area contributed by atoms with Gasteiger partial charge in [0, 0.05) is 12.4 Å². The molecule has 21 heavy (non-hydrogen) atoms. The van der Waals surface area contributed by atoms with Crippen molar-refractivity contribution in [1.29, 1.82) is 0 Å². The summed E-state index contributed by atoms with van der Waals surface area (Å²) < 4.78 is 1.81. The van der Waals surface area contributed by atoms with E-state index in [0.717, 1.165) is 5.69 Å². The normalized spacial score (nSPS) is 10.8. The van der Waals surface area contributed by atoms with E-state index in [4.69, 9.17) is 23.2 Å². The summed E-state index contributed by atoms with van der Waals surface area (Å²) in [5, 5.41) is 3.47. The third kappa shape index (κ3) is 2.60. The Bertz CT molecular complexity index is 842. The Morgan fingerprint density at radius 2 is 2.05 bits per heavy atom. The first-order valence-corrected chi connectivity index (χ1v) is 7.01. The molecule has 0 aliphatic carbocycles. The molecule has 1 aromatic carbocycles. The summed E-state index contributed by atoms with van der Waals surface area (Å²) in [6.45, 7) is 1.88. The molecule has 0 aliphatic heterocycles. The molecule has 2 heterocycles. The highest BCUT2D eigenvalue weighted by Crippen LogP contribution is 2.30. The van der Waals surface area contributed by atoms with E-state index in [1.54, 1.807) is 30.3 Å². The molecule has 0 bridgehead atoms. The van der Waals surface area contributed by atoms with Crippen molar-refractivity contribution >= 4 is 40.4 Å².